The van der Waals surface area contributed by atoms with Crippen molar-refractivity contribution >= 4 is 5.78 Å². The Morgan fingerprint density at radius 3 is 2.42 bits per heavy atom. The van der Waals surface area contributed by atoms with Gasteiger partial charge in [0.15, 0.2) is 11.6 Å². The van der Waals surface area contributed by atoms with Crippen LogP contribution in [0.4, 0.5) is 0 Å². The molecule has 5 rings (SSSR count). The Morgan fingerprint density at radius 2 is 1.75 bits per heavy atom. The van der Waals surface area contributed by atoms with Crippen molar-refractivity contribution < 1.29 is 24.1 Å². The Hall–Kier alpha value is -1.69. The van der Waals surface area contributed by atoms with Gasteiger partial charge in [-0.25, -0.2) is 0 Å². The third-order valence-corrected chi connectivity index (χ3v) is 10.9. The summed E-state index contributed by atoms with van der Waals surface area (Å²) in [6.07, 6.45) is 9.72. The van der Waals surface area contributed by atoms with E-state index in [1.165, 1.54) is 5.57 Å². The van der Waals surface area contributed by atoms with Gasteiger partial charge in [-0.1, -0.05) is 37.6 Å². The number of ether oxygens (including phenoxy) is 3. The van der Waals surface area contributed by atoms with Gasteiger partial charge in [-0.2, -0.15) is 0 Å². The predicted molar refractivity (Wildman–Crippen MR) is 139 cm³/mol. The van der Waals surface area contributed by atoms with Crippen molar-refractivity contribution in [1.29, 1.82) is 0 Å². The fourth-order valence-electron chi connectivity index (χ4n) is 8.84. The van der Waals surface area contributed by atoms with Gasteiger partial charge in [0.2, 0.25) is 0 Å². The highest BCUT2D eigenvalue weighted by atomic mass is 16.6. The maximum absolute atomic E-state index is 13.0. The van der Waals surface area contributed by atoms with E-state index in [2.05, 4.69) is 19.9 Å². The lowest BCUT2D eigenvalue weighted by molar-refractivity contribution is -0.232. The van der Waals surface area contributed by atoms with Crippen molar-refractivity contribution in [3.05, 3.63) is 41.5 Å². The van der Waals surface area contributed by atoms with Crippen LogP contribution in [0.3, 0.4) is 0 Å². The van der Waals surface area contributed by atoms with Gasteiger partial charge in [0.1, 0.15) is 11.4 Å². The van der Waals surface area contributed by atoms with Crippen LogP contribution in [-0.4, -0.2) is 36.0 Å². The largest absolute Gasteiger partial charge is 0.497 e. The normalized spacial score (nSPS) is 41.6. The number of aliphatic hydroxyl groups is 1. The Kier molecular flexibility index (Phi) is 6.67. The zero-order chi connectivity index (χ0) is 25.8. The lowest BCUT2D eigenvalue weighted by atomic mass is 9.46. The summed E-state index contributed by atoms with van der Waals surface area (Å²) in [7, 11) is 1.66. The number of Topliss-reactive ketones (excluding diaryl/α,β-unsaturated/α-hetero) is 1. The lowest BCUT2D eigenvalue weighted by Gasteiger charge is -2.60. The maximum atomic E-state index is 13.0. The van der Waals surface area contributed by atoms with Crippen molar-refractivity contribution in [2.24, 2.45) is 28.6 Å². The summed E-state index contributed by atoms with van der Waals surface area (Å²) in [5.74, 6) is 1.58. The number of fused-ring (bicyclic) bond motifs is 5. The Morgan fingerprint density at radius 1 is 1.03 bits per heavy atom. The van der Waals surface area contributed by atoms with Crippen LogP contribution in [0.25, 0.3) is 0 Å². The molecule has 5 heteroatoms. The van der Waals surface area contributed by atoms with E-state index in [-0.39, 0.29) is 16.6 Å². The molecule has 0 bridgehead atoms. The fourth-order valence-corrected chi connectivity index (χ4v) is 8.84. The monoisotopic (exact) mass is 496 g/mol. The molecule has 0 aromatic heterocycles. The molecule has 0 spiro atoms. The zero-order valence-electron chi connectivity index (χ0n) is 22.8. The quantitative estimate of drug-likeness (QED) is 0.358. The van der Waals surface area contributed by atoms with Crippen LogP contribution in [-0.2, 0) is 20.9 Å². The number of ketones is 1. The van der Waals surface area contributed by atoms with Crippen molar-refractivity contribution in [2.45, 2.75) is 97.1 Å². The molecule has 198 valence electrons. The van der Waals surface area contributed by atoms with Gasteiger partial charge >= 0.3 is 0 Å². The number of benzene rings is 1. The molecule has 4 aliphatic carbocycles. The minimum atomic E-state index is -1.12. The third kappa shape index (κ3) is 3.88. The second kappa shape index (κ2) is 9.25. The first-order valence-electron chi connectivity index (χ1n) is 13.9. The van der Waals surface area contributed by atoms with E-state index in [1.807, 2.05) is 31.2 Å². The van der Waals surface area contributed by atoms with E-state index in [0.717, 1.165) is 49.8 Å². The van der Waals surface area contributed by atoms with Crippen LogP contribution < -0.4 is 4.74 Å². The van der Waals surface area contributed by atoms with Crippen LogP contribution in [0.2, 0.25) is 0 Å². The van der Waals surface area contributed by atoms with Crippen molar-refractivity contribution in [3.63, 3.8) is 0 Å². The van der Waals surface area contributed by atoms with Crippen LogP contribution >= 0.6 is 0 Å². The van der Waals surface area contributed by atoms with Gasteiger partial charge < -0.3 is 19.3 Å². The van der Waals surface area contributed by atoms with Gasteiger partial charge in [0.05, 0.1) is 13.7 Å². The summed E-state index contributed by atoms with van der Waals surface area (Å²) in [5.41, 5.74) is 1.79. The number of carbonyl (C=O) groups excluding carboxylic acids is 1. The number of carbonyl (C=O) groups is 1. The van der Waals surface area contributed by atoms with Crippen molar-refractivity contribution in [3.8, 4) is 5.75 Å². The van der Waals surface area contributed by atoms with Crippen LogP contribution in [0, 0.1) is 28.6 Å². The Labute approximate surface area is 216 Å². The molecule has 0 saturated heterocycles. The van der Waals surface area contributed by atoms with E-state index in [0.29, 0.717) is 43.8 Å². The highest BCUT2D eigenvalue weighted by molar-refractivity contribution is 5.86. The molecule has 0 radical (unpaired) electrons. The topological polar surface area (TPSA) is 65.0 Å². The first-order chi connectivity index (χ1) is 17.1. The van der Waals surface area contributed by atoms with Gasteiger partial charge in [-0.3, -0.25) is 4.79 Å². The molecule has 4 aliphatic rings. The number of hydrogen-bond acceptors (Lipinski definition) is 5. The molecule has 1 N–H and O–H groups in total. The summed E-state index contributed by atoms with van der Waals surface area (Å²) in [6, 6.07) is 7.83. The maximum Gasteiger partial charge on any atom is 0.169 e. The minimum absolute atomic E-state index is 0.0887. The molecule has 0 unspecified atom stereocenters. The van der Waals surface area contributed by atoms with E-state index in [9.17, 15) is 9.90 Å². The summed E-state index contributed by atoms with van der Waals surface area (Å²) in [6.45, 7) is 9.50. The molecule has 3 saturated carbocycles. The molecule has 7 atom stereocenters. The predicted octanol–water partition coefficient (Wildman–Crippen LogP) is 6.23. The molecular formula is C31H44O5. The highest BCUT2D eigenvalue weighted by Crippen LogP contribution is 2.68. The molecule has 0 heterocycles. The van der Waals surface area contributed by atoms with Crippen molar-refractivity contribution in [2.75, 3.05) is 13.7 Å². The molecule has 3 fully saturated rings. The second-order valence-electron chi connectivity index (χ2n) is 12.3. The van der Waals surface area contributed by atoms with Gasteiger partial charge in [0.25, 0.3) is 0 Å². The number of rotatable bonds is 7. The van der Waals surface area contributed by atoms with E-state index >= 15 is 0 Å². The molecule has 5 nitrogen and oxygen atoms in total. The summed E-state index contributed by atoms with van der Waals surface area (Å²) < 4.78 is 17.7. The summed E-state index contributed by atoms with van der Waals surface area (Å²) >= 11 is 0. The summed E-state index contributed by atoms with van der Waals surface area (Å²) in [4.78, 5) is 13.0. The minimum Gasteiger partial charge on any atom is -0.497 e. The third-order valence-electron chi connectivity index (χ3n) is 10.9. The first kappa shape index (κ1) is 25.9. The SMILES string of the molecule is CCO[C@]1(C(C)=O)CC[C@H]2[C@@H]3CC=C4C[C@](O)(OCc5ccc(OC)cc5)CC[C@]4(C)[C@H]3CC[C@@]21C. The number of hydrogen-bond donors (Lipinski definition) is 1. The molecule has 1 aromatic rings. The molecule has 0 amide bonds. The van der Waals surface area contributed by atoms with Crippen molar-refractivity contribution in [1.82, 2.24) is 0 Å². The van der Waals surface area contributed by atoms with Crippen LogP contribution in [0.1, 0.15) is 84.6 Å². The number of methoxy groups -OCH3 is 1. The summed E-state index contributed by atoms with van der Waals surface area (Å²) in [5, 5.41) is 11.4. The standard InChI is InChI=1S/C31H44O5/c1-6-35-31(21(2)32)16-14-27-25-12-9-23-19-30(33,36-20-22-7-10-24(34-5)11-8-22)18-17-28(23,3)26(25)13-15-29(27,31)4/h7-11,25-27,33H,6,12-20H2,1-5H3/t25-,26+,27+,28+,29+,30-,31+/m1/s1. The molecule has 0 aliphatic heterocycles. The van der Waals surface area contributed by atoms with E-state index in [4.69, 9.17) is 14.2 Å². The lowest BCUT2D eigenvalue weighted by Crippen LogP contribution is -2.58. The Balaban J connectivity index is 1.33. The second-order valence-corrected chi connectivity index (χ2v) is 12.3. The number of allylic oxidation sites excluding steroid dienone is 1. The van der Waals surface area contributed by atoms with E-state index in [1.54, 1.807) is 14.0 Å². The fraction of sp³-hybridized carbons (Fsp3) is 0.710. The molecule has 1 aromatic carbocycles. The van der Waals surface area contributed by atoms with Gasteiger partial charge in [-0.15, -0.1) is 0 Å². The van der Waals surface area contributed by atoms with Gasteiger partial charge in [0, 0.05) is 24.9 Å². The van der Waals surface area contributed by atoms with Crippen LogP contribution in [0.5, 0.6) is 5.75 Å². The molecular weight excluding hydrogens is 452 g/mol. The molecule has 36 heavy (non-hydrogen) atoms. The zero-order valence-corrected chi connectivity index (χ0v) is 22.8. The van der Waals surface area contributed by atoms with Crippen LogP contribution in [0.15, 0.2) is 35.9 Å². The smallest absolute Gasteiger partial charge is 0.169 e. The first-order valence-corrected chi connectivity index (χ1v) is 13.9. The highest BCUT2D eigenvalue weighted by Gasteiger charge is 2.66. The average Bonchev–Trinajstić information content (AvgIpc) is 3.17. The van der Waals surface area contributed by atoms with E-state index < -0.39 is 11.4 Å². The van der Waals surface area contributed by atoms with Gasteiger partial charge in [-0.05, 0) is 93.2 Å². The Bertz CT molecular complexity index is 1020. The average molecular weight is 497 g/mol.